The molecular weight excluding hydrogens is 166 g/mol. The third-order valence-electron chi connectivity index (χ3n) is 1.76. The standard InChI is InChI=1S/C6H9NO3S/c8-1-4-5(7-10)2-11-3-6(4)9/h1,4-6,9H,2-3H2. The molecule has 1 heterocycles. The first kappa shape index (κ1) is 8.67. The first-order chi connectivity index (χ1) is 5.29. The number of rotatable bonds is 2. The molecule has 1 fully saturated rings. The van der Waals surface area contributed by atoms with Crippen molar-refractivity contribution in [3.8, 4) is 0 Å². The van der Waals surface area contributed by atoms with E-state index in [4.69, 9.17) is 0 Å². The van der Waals surface area contributed by atoms with Crippen molar-refractivity contribution in [1.82, 2.24) is 0 Å². The molecule has 0 amide bonds. The topological polar surface area (TPSA) is 66.7 Å². The van der Waals surface area contributed by atoms with Crippen LogP contribution in [0.25, 0.3) is 0 Å². The Bertz CT molecular complexity index is 164. The largest absolute Gasteiger partial charge is 0.391 e. The van der Waals surface area contributed by atoms with Gasteiger partial charge in [-0.05, 0) is 0 Å². The monoisotopic (exact) mass is 175 g/mol. The molecule has 0 spiro atoms. The van der Waals surface area contributed by atoms with Gasteiger partial charge in [0, 0.05) is 11.5 Å². The molecule has 5 heteroatoms. The molecule has 1 rings (SSSR count). The molecule has 3 atom stereocenters. The fourth-order valence-corrected chi connectivity index (χ4v) is 2.19. The Kier molecular flexibility index (Phi) is 3.02. The minimum Gasteiger partial charge on any atom is -0.391 e. The quantitative estimate of drug-likeness (QED) is 0.475. The Labute approximate surface area is 68.3 Å². The smallest absolute Gasteiger partial charge is 0.128 e. The minimum absolute atomic E-state index is 0.523. The molecule has 4 nitrogen and oxygen atoms in total. The number of carbonyl (C=O) groups is 1. The molecule has 0 aromatic heterocycles. The second-order valence-corrected chi connectivity index (χ2v) is 3.57. The highest BCUT2D eigenvalue weighted by Crippen LogP contribution is 2.24. The van der Waals surface area contributed by atoms with Crippen LogP contribution in [0.1, 0.15) is 0 Å². The van der Waals surface area contributed by atoms with Gasteiger partial charge >= 0.3 is 0 Å². The van der Waals surface area contributed by atoms with Gasteiger partial charge in [-0.15, -0.1) is 0 Å². The van der Waals surface area contributed by atoms with Crippen LogP contribution >= 0.6 is 11.8 Å². The molecule has 0 aromatic rings. The second-order valence-electron chi connectivity index (χ2n) is 2.49. The highest BCUT2D eigenvalue weighted by Gasteiger charge is 2.33. The fraction of sp³-hybridized carbons (Fsp3) is 0.833. The molecule has 1 aliphatic heterocycles. The molecule has 1 aliphatic rings. The molecule has 0 aromatic carbocycles. The molecule has 1 N–H and O–H groups in total. The number of hydrogen-bond donors (Lipinski definition) is 1. The van der Waals surface area contributed by atoms with E-state index in [9.17, 15) is 14.8 Å². The lowest BCUT2D eigenvalue weighted by atomic mass is 9.98. The average Bonchev–Trinajstić information content (AvgIpc) is 2.04. The average molecular weight is 175 g/mol. The van der Waals surface area contributed by atoms with Crippen LogP contribution in [0.3, 0.4) is 0 Å². The summed E-state index contributed by atoms with van der Waals surface area (Å²) in [7, 11) is 0. The van der Waals surface area contributed by atoms with Crippen LogP contribution in [0, 0.1) is 10.8 Å². The van der Waals surface area contributed by atoms with Crippen molar-refractivity contribution in [3.05, 3.63) is 4.91 Å². The SMILES string of the molecule is O=CC1C(O)CSCC1N=O. The molecule has 1 saturated heterocycles. The Morgan fingerprint density at radius 2 is 2.27 bits per heavy atom. The van der Waals surface area contributed by atoms with Crippen LogP contribution in [0.2, 0.25) is 0 Å². The van der Waals surface area contributed by atoms with Gasteiger partial charge in [-0.2, -0.15) is 16.7 Å². The lowest BCUT2D eigenvalue weighted by Gasteiger charge is -2.26. The fourth-order valence-electron chi connectivity index (χ4n) is 1.07. The number of nitroso groups, excluding NO2 is 1. The van der Waals surface area contributed by atoms with Crippen LogP contribution < -0.4 is 0 Å². The van der Waals surface area contributed by atoms with E-state index in [0.717, 1.165) is 0 Å². The van der Waals surface area contributed by atoms with Crippen LogP contribution in [0.4, 0.5) is 0 Å². The van der Waals surface area contributed by atoms with E-state index < -0.39 is 18.1 Å². The van der Waals surface area contributed by atoms with E-state index in [1.165, 1.54) is 11.8 Å². The maximum atomic E-state index is 10.4. The zero-order chi connectivity index (χ0) is 8.27. The maximum absolute atomic E-state index is 10.4. The highest BCUT2D eigenvalue weighted by atomic mass is 32.2. The Morgan fingerprint density at radius 1 is 1.55 bits per heavy atom. The van der Waals surface area contributed by atoms with Crippen LogP contribution in [0.5, 0.6) is 0 Å². The summed E-state index contributed by atoms with van der Waals surface area (Å²) in [6, 6.07) is -0.541. The normalized spacial score (nSPS) is 38.1. The molecule has 0 bridgehead atoms. The summed E-state index contributed by atoms with van der Waals surface area (Å²) >= 11 is 1.45. The summed E-state index contributed by atoms with van der Waals surface area (Å²) < 4.78 is 0. The summed E-state index contributed by atoms with van der Waals surface area (Å²) in [4.78, 5) is 20.5. The zero-order valence-electron chi connectivity index (χ0n) is 5.84. The van der Waals surface area contributed by atoms with Crippen LogP contribution in [-0.2, 0) is 4.79 Å². The lowest BCUT2D eigenvalue weighted by molar-refractivity contribution is -0.114. The summed E-state index contributed by atoms with van der Waals surface area (Å²) in [5, 5.41) is 12.0. The van der Waals surface area contributed by atoms with Crippen molar-refractivity contribution in [1.29, 1.82) is 0 Å². The van der Waals surface area contributed by atoms with Crippen molar-refractivity contribution in [2.75, 3.05) is 11.5 Å². The highest BCUT2D eigenvalue weighted by molar-refractivity contribution is 7.99. The molecule has 11 heavy (non-hydrogen) atoms. The van der Waals surface area contributed by atoms with Crippen molar-refractivity contribution in [2.24, 2.45) is 11.1 Å². The van der Waals surface area contributed by atoms with Gasteiger partial charge in [-0.3, -0.25) is 0 Å². The third-order valence-corrected chi connectivity index (χ3v) is 2.91. The van der Waals surface area contributed by atoms with Crippen molar-refractivity contribution in [3.63, 3.8) is 0 Å². The number of nitrogens with zero attached hydrogens (tertiary/aromatic N) is 1. The number of aliphatic hydroxyl groups is 1. The number of thioether (sulfide) groups is 1. The second kappa shape index (κ2) is 3.82. The van der Waals surface area contributed by atoms with Gasteiger partial charge in [0.25, 0.3) is 0 Å². The number of carbonyl (C=O) groups excluding carboxylic acids is 1. The van der Waals surface area contributed by atoms with E-state index >= 15 is 0 Å². The Balaban J connectivity index is 2.62. The molecule has 0 saturated carbocycles. The zero-order valence-corrected chi connectivity index (χ0v) is 6.66. The van der Waals surface area contributed by atoms with Gasteiger partial charge in [0.15, 0.2) is 0 Å². The Hall–Kier alpha value is -0.420. The van der Waals surface area contributed by atoms with E-state index in [0.29, 0.717) is 17.8 Å². The summed E-state index contributed by atoms with van der Waals surface area (Å²) in [6.07, 6.45) is -0.0786. The predicted octanol–water partition coefficient (Wildman–Crippen LogP) is 0.0442. The van der Waals surface area contributed by atoms with E-state index in [1.54, 1.807) is 0 Å². The lowest BCUT2D eigenvalue weighted by Crippen LogP contribution is -2.39. The third kappa shape index (κ3) is 1.78. The molecule has 0 aliphatic carbocycles. The van der Waals surface area contributed by atoms with Crippen LogP contribution in [-0.4, -0.2) is 35.0 Å². The van der Waals surface area contributed by atoms with Gasteiger partial charge in [0.05, 0.1) is 12.0 Å². The summed E-state index contributed by atoms with van der Waals surface area (Å²) in [5.74, 6) is 0.480. The van der Waals surface area contributed by atoms with Gasteiger partial charge in [0.1, 0.15) is 12.3 Å². The number of aldehydes is 1. The number of aliphatic hydroxyl groups excluding tert-OH is 1. The van der Waals surface area contributed by atoms with E-state index in [1.807, 2.05) is 0 Å². The molecule has 0 radical (unpaired) electrons. The van der Waals surface area contributed by atoms with Crippen LogP contribution in [0.15, 0.2) is 5.18 Å². The predicted molar refractivity (Wildman–Crippen MR) is 42.5 cm³/mol. The molecular formula is C6H9NO3S. The number of hydrogen-bond acceptors (Lipinski definition) is 5. The minimum atomic E-state index is -0.700. The summed E-state index contributed by atoms with van der Waals surface area (Å²) in [6.45, 7) is 0. The molecule has 62 valence electrons. The maximum Gasteiger partial charge on any atom is 0.128 e. The Morgan fingerprint density at radius 3 is 2.73 bits per heavy atom. The first-order valence-electron chi connectivity index (χ1n) is 3.33. The van der Waals surface area contributed by atoms with E-state index in [-0.39, 0.29) is 0 Å². The molecule has 3 unspecified atom stereocenters. The first-order valence-corrected chi connectivity index (χ1v) is 4.48. The van der Waals surface area contributed by atoms with Gasteiger partial charge in [-0.1, -0.05) is 5.18 Å². The van der Waals surface area contributed by atoms with Crippen molar-refractivity contribution in [2.45, 2.75) is 12.1 Å². The van der Waals surface area contributed by atoms with Crippen molar-refractivity contribution >= 4 is 18.0 Å². The van der Waals surface area contributed by atoms with Gasteiger partial charge < -0.3 is 9.90 Å². The van der Waals surface area contributed by atoms with Gasteiger partial charge in [-0.25, -0.2) is 0 Å². The van der Waals surface area contributed by atoms with Gasteiger partial charge in [0.2, 0.25) is 0 Å². The summed E-state index contributed by atoms with van der Waals surface area (Å²) in [5.41, 5.74) is 0. The van der Waals surface area contributed by atoms with Crippen molar-refractivity contribution < 1.29 is 9.90 Å². The van der Waals surface area contributed by atoms with E-state index in [2.05, 4.69) is 5.18 Å².